The van der Waals surface area contributed by atoms with Crippen LogP contribution in [0.5, 0.6) is 5.75 Å². The number of rotatable bonds is 30. The minimum Gasteiger partial charge on any atom is -0.491 e. The van der Waals surface area contributed by atoms with Gasteiger partial charge in [-0.3, -0.25) is 9.59 Å². The number of carbonyl (C=O) groups is 2. The molecule has 0 aliphatic carbocycles. The van der Waals surface area contributed by atoms with E-state index in [2.05, 4.69) is 0 Å². The van der Waals surface area contributed by atoms with E-state index in [1.165, 1.54) is 0 Å². The lowest BCUT2D eigenvalue weighted by molar-refractivity contribution is -0.146. The second-order valence-corrected chi connectivity index (χ2v) is 8.27. The van der Waals surface area contributed by atoms with Crippen molar-refractivity contribution in [2.24, 2.45) is 0 Å². The summed E-state index contributed by atoms with van der Waals surface area (Å²) in [6, 6.07) is 9.63. The molecule has 0 aliphatic heterocycles. The number of benzene rings is 1. The van der Waals surface area contributed by atoms with Gasteiger partial charge in [0.15, 0.2) is 0 Å². The highest BCUT2D eigenvalue weighted by molar-refractivity contribution is 5.69. The van der Waals surface area contributed by atoms with Gasteiger partial charge in [-0.25, -0.2) is 0 Å². The quantitative estimate of drug-likeness (QED) is 0.107. The molecular formula is C28H46O12. The Bertz CT molecular complexity index is 704. The minimum atomic E-state index is -0.861. The monoisotopic (exact) mass is 574 g/mol. The lowest BCUT2D eigenvalue weighted by Crippen LogP contribution is -2.15. The third kappa shape index (κ3) is 25.9. The molecule has 1 rings (SSSR count). The largest absolute Gasteiger partial charge is 0.491 e. The fraction of sp³-hybridized carbons (Fsp3) is 0.714. The minimum absolute atomic E-state index is 0.0631. The molecule has 0 aromatic heterocycles. The van der Waals surface area contributed by atoms with E-state index in [4.69, 9.17) is 47.7 Å². The molecule has 0 heterocycles. The molecule has 1 aromatic carbocycles. The zero-order valence-electron chi connectivity index (χ0n) is 23.5. The van der Waals surface area contributed by atoms with Crippen LogP contribution < -0.4 is 4.74 Å². The predicted octanol–water partition coefficient (Wildman–Crippen LogP) is 2.37. The van der Waals surface area contributed by atoms with Crippen molar-refractivity contribution in [3.8, 4) is 5.75 Å². The molecular weight excluding hydrogens is 528 g/mol. The van der Waals surface area contributed by atoms with Crippen LogP contribution in [-0.4, -0.2) is 123 Å². The Morgan fingerprint density at radius 2 is 0.875 bits per heavy atom. The van der Waals surface area contributed by atoms with E-state index in [1.807, 2.05) is 30.3 Å². The zero-order valence-corrected chi connectivity index (χ0v) is 23.5. The van der Waals surface area contributed by atoms with Gasteiger partial charge in [0.2, 0.25) is 0 Å². The van der Waals surface area contributed by atoms with Crippen molar-refractivity contribution in [2.45, 2.75) is 25.7 Å². The van der Waals surface area contributed by atoms with Crippen LogP contribution >= 0.6 is 0 Å². The van der Waals surface area contributed by atoms with Crippen LogP contribution in [0, 0.1) is 0 Å². The fourth-order valence-corrected chi connectivity index (χ4v) is 2.99. The summed E-state index contributed by atoms with van der Waals surface area (Å²) in [5, 5.41) is 8.53. The first kappa shape index (κ1) is 35.7. The van der Waals surface area contributed by atoms with Crippen molar-refractivity contribution < 1.29 is 57.3 Å². The standard InChI is InChI=1S/C28H46O12/c29-27(30)8-4-5-9-28(31)40-25-23-38-21-19-36-17-15-34-13-11-32-10-12-33-14-16-35-18-20-37-22-24-39-26-6-2-1-3-7-26/h1-3,6-7H,4-5,8-25H2,(H,29,30). The molecule has 1 N–H and O–H groups in total. The maximum atomic E-state index is 11.5. The average molecular weight is 575 g/mol. The Morgan fingerprint density at radius 3 is 1.30 bits per heavy atom. The van der Waals surface area contributed by atoms with Gasteiger partial charge in [-0.1, -0.05) is 18.2 Å². The Labute approximate surface area is 237 Å². The molecule has 0 spiro atoms. The van der Waals surface area contributed by atoms with Crippen molar-refractivity contribution in [3.63, 3.8) is 0 Å². The Hall–Kier alpha value is -2.32. The molecule has 40 heavy (non-hydrogen) atoms. The van der Waals surface area contributed by atoms with Crippen LogP contribution in [0.25, 0.3) is 0 Å². The van der Waals surface area contributed by atoms with E-state index in [0.29, 0.717) is 105 Å². The number of hydrogen-bond acceptors (Lipinski definition) is 11. The van der Waals surface area contributed by atoms with Gasteiger partial charge in [-0.2, -0.15) is 0 Å². The number of carboxylic acids is 1. The molecule has 0 saturated carbocycles. The van der Waals surface area contributed by atoms with E-state index >= 15 is 0 Å². The lowest BCUT2D eigenvalue weighted by atomic mass is 10.2. The summed E-state index contributed by atoms with van der Waals surface area (Å²) in [5.74, 6) is -0.370. The molecule has 0 aliphatic rings. The SMILES string of the molecule is O=C(O)CCCCC(=O)OCCOCCOCCOCCOCCOCCOCCOCCOc1ccccc1. The van der Waals surface area contributed by atoms with Crippen LogP contribution in [0.3, 0.4) is 0 Å². The van der Waals surface area contributed by atoms with E-state index in [9.17, 15) is 9.59 Å². The average Bonchev–Trinajstić information content (AvgIpc) is 2.95. The number of esters is 1. The van der Waals surface area contributed by atoms with E-state index in [0.717, 1.165) is 5.75 Å². The van der Waals surface area contributed by atoms with Gasteiger partial charge in [0, 0.05) is 12.8 Å². The number of aliphatic carboxylic acids is 1. The number of hydrogen-bond donors (Lipinski definition) is 1. The molecule has 0 radical (unpaired) electrons. The number of carboxylic acid groups (broad SMARTS) is 1. The Balaban J connectivity index is 1.66. The zero-order chi connectivity index (χ0) is 28.8. The van der Waals surface area contributed by atoms with Crippen molar-refractivity contribution in [1.82, 2.24) is 0 Å². The molecule has 0 fully saturated rings. The summed E-state index contributed by atoms with van der Waals surface area (Å²) in [6.45, 7) is 7.15. The molecule has 0 atom stereocenters. The van der Waals surface area contributed by atoms with Crippen LogP contribution in [-0.2, 0) is 47.5 Å². The maximum Gasteiger partial charge on any atom is 0.305 e. The first-order valence-electron chi connectivity index (χ1n) is 13.8. The molecule has 12 nitrogen and oxygen atoms in total. The van der Waals surface area contributed by atoms with Gasteiger partial charge >= 0.3 is 11.9 Å². The number of carbonyl (C=O) groups excluding carboxylic acids is 1. The highest BCUT2D eigenvalue weighted by atomic mass is 16.6. The van der Waals surface area contributed by atoms with Gasteiger partial charge in [-0.05, 0) is 25.0 Å². The Morgan fingerprint density at radius 1 is 0.500 bits per heavy atom. The smallest absolute Gasteiger partial charge is 0.305 e. The summed E-state index contributed by atoms with van der Waals surface area (Å²) < 4.78 is 48.5. The maximum absolute atomic E-state index is 11.5. The second-order valence-electron chi connectivity index (χ2n) is 8.27. The first-order chi connectivity index (χ1) is 19.7. The Kier molecular flexibility index (Phi) is 25.2. The van der Waals surface area contributed by atoms with Gasteiger partial charge in [0.05, 0.1) is 92.5 Å². The van der Waals surface area contributed by atoms with Crippen LogP contribution in [0.4, 0.5) is 0 Å². The van der Waals surface area contributed by atoms with E-state index < -0.39 is 5.97 Å². The number of unbranched alkanes of at least 4 members (excludes halogenated alkanes) is 1. The van der Waals surface area contributed by atoms with Crippen molar-refractivity contribution in [3.05, 3.63) is 30.3 Å². The summed E-state index contributed by atoms with van der Waals surface area (Å²) in [4.78, 5) is 21.8. The van der Waals surface area contributed by atoms with Crippen molar-refractivity contribution in [2.75, 3.05) is 106 Å². The summed E-state index contributed by atoms with van der Waals surface area (Å²) in [6.07, 6.45) is 1.25. The summed E-state index contributed by atoms with van der Waals surface area (Å²) >= 11 is 0. The van der Waals surface area contributed by atoms with Gasteiger partial charge in [-0.15, -0.1) is 0 Å². The van der Waals surface area contributed by atoms with Gasteiger partial charge in [0.1, 0.15) is 19.0 Å². The second kappa shape index (κ2) is 28.2. The van der Waals surface area contributed by atoms with E-state index in [-0.39, 0.29) is 32.0 Å². The third-order valence-electron chi connectivity index (χ3n) is 4.98. The lowest BCUT2D eigenvalue weighted by Gasteiger charge is -2.09. The number of ether oxygens (including phenoxy) is 9. The normalized spacial score (nSPS) is 11.0. The summed E-state index contributed by atoms with van der Waals surface area (Å²) in [7, 11) is 0. The van der Waals surface area contributed by atoms with Crippen LogP contribution in [0.2, 0.25) is 0 Å². The molecule has 1 aromatic rings. The number of para-hydroxylation sites is 1. The molecule has 230 valence electrons. The highest BCUT2D eigenvalue weighted by Gasteiger charge is 2.04. The van der Waals surface area contributed by atoms with E-state index in [1.54, 1.807) is 0 Å². The third-order valence-corrected chi connectivity index (χ3v) is 4.98. The molecule has 0 amide bonds. The van der Waals surface area contributed by atoms with Crippen LogP contribution in [0.15, 0.2) is 30.3 Å². The molecule has 0 saturated heterocycles. The summed E-state index contributed by atoms with van der Waals surface area (Å²) in [5.41, 5.74) is 0. The van der Waals surface area contributed by atoms with Crippen molar-refractivity contribution >= 4 is 11.9 Å². The van der Waals surface area contributed by atoms with Gasteiger partial charge < -0.3 is 47.7 Å². The predicted molar refractivity (Wildman–Crippen MR) is 145 cm³/mol. The van der Waals surface area contributed by atoms with Crippen molar-refractivity contribution in [1.29, 1.82) is 0 Å². The fourth-order valence-electron chi connectivity index (χ4n) is 2.99. The molecule has 0 unspecified atom stereocenters. The molecule has 12 heteroatoms. The molecule has 0 bridgehead atoms. The first-order valence-corrected chi connectivity index (χ1v) is 13.8. The highest BCUT2D eigenvalue weighted by Crippen LogP contribution is 2.07. The topological polar surface area (TPSA) is 137 Å². The van der Waals surface area contributed by atoms with Crippen LogP contribution in [0.1, 0.15) is 25.7 Å². The van der Waals surface area contributed by atoms with Gasteiger partial charge in [0.25, 0.3) is 0 Å².